The van der Waals surface area contributed by atoms with E-state index in [1.807, 2.05) is 6.92 Å². The standard InChI is InChI=1S/C21H20N2O5/c1-3-12-28-21(27)13-8-10-14(11-9-13)22-19(25)17-18(24)15-6-4-5-7-16(15)20(26)23(17)2/h4-11,24H,3,12H2,1-2H3,(H,22,25). The van der Waals surface area contributed by atoms with Gasteiger partial charge in [0.25, 0.3) is 11.5 Å². The molecule has 0 saturated carbocycles. The zero-order valence-corrected chi connectivity index (χ0v) is 15.6. The summed E-state index contributed by atoms with van der Waals surface area (Å²) < 4.78 is 6.17. The summed E-state index contributed by atoms with van der Waals surface area (Å²) in [5.74, 6) is -1.34. The summed E-state index contributed by atoms with van der Waals surface area (Å²) in [7, 11) is 1.43. The van der Waals surface area contributed by atoms with E-state index in [1.165, 1.54) is 19.2 Å². The number of rotatable bonds is 5. The molecule has 1 heterocycles. The number of nitrogens with one attached hydrogen (secondary N) is 1. The average molecular weight is 380 g/mol. The van der Waals surface area contributed by atoms with Crippen molar-refractivity contribution in [3.05, 3.63) is 70.1 Å². The van der Waals surface area contributed by atoms with E-state index in [1.54, 1.807) is 36.4 Å². The molecular weight excluding hydrogens is 360 g/mol. The maximum atomic E-state index is 12.7. The van der Waals surface area contributed by atoms with E-state index >= 15 is 0 Å². The molecule has 3 aromatic rings. The lowest BCUT2D eigenvalue weighted by atomic mass is 10.1. The van der Waals surface area contributed by atoms with E-state index in [-0.39, 0.29) is 17.0 Å². The van der Waals surface area contributed by atoms with Crippen molar-refractivity contribution in [2.75, 3.05) is 11.9 Å². The van der Waals surface area contributed by atoms with Crippen molar-refractivity contribution in [3.63, 3.8) is 0 Å². The number of aromatic hydroxyl groups is 1. The van der Waals surface area contributed by atoms with Crippen LogP contribution in [0.4, 0.5) is 5.69 Å². The molecule has 1 aromatic heterocycles. The third-order valence-electron chi connectivity index (χ3n) is 4.31. The lowest BCUT2D eigenvalue weighted by Crippen LogP contribution is -2.26. The fourth-order valence-electron chi connectivity index (χ4n) is 2.86. The van der Waals surface area contributed by atoms with E-state index in [2.05, 4.69) is 5.32 Å². The van der Waals surface area contributed by atoms with E-state index in [9.17, 15) is 19.5 Å². The SMILES string of the molecule is CCCOC(=O)c1ccc(NC(=O)c2c(O)c3ccccc3c(=O)n2C)cc1. The molecular formula is C21H20N2O5. The second kappa shape index (κ2) is 7.96. The molecule has 0 aliphatic rings. The molecule has 144 valence electrons. The number of ether oxygens (including phenoxy) is 1. The van der Waals surface area contributed by atoms with Crippen LogP contribution in [-0.2, 0) is 11.8 Å². The molecule has 0 aliphatic carbocycles. The highest BCUT2D eigenvalue weighted by molar-refractivity contribution is 6.08. The molecule has 0 saturated heterocycles. The predicted octanol–water partition coefficient (Wildman–Crippen LogP) is 3.06. The molecule has 7 nitrogen and oxygen atoms in total. The summed E-state index contributed by atoms with van der Waals surface area (Å²) in [6, 6.07) is 12.7. The lowest BCUT2D eigenvalue weighted by Gasteiger charge is -2.13. The Labute approximate surface area is 161 Å². The number of benzene rings is 2. The smallest absolute Gasteiger partial charge is 0.338 e. The topological polar surface area (TPSA) is 97.6 Å². The second-order valence-electron chi connectivity index (χ2n) is 6.27. The first-order valence-corrected chi connectivity index (χ1v) is 8.83. The number of anilines is 1. The van der Waals surface area contributed by atoms with Crippen LogP contribution in [0, 0.1) is 0 Å². The van der Waals surface area contributed by atoms with Gasteiger partial charge in [-0.3, -0.25) is 9.59 Å². The molecule has 7 heteroatoms. The van der Waals surface area contributed by atoms with Crippen LogP contribution in [0.1, 0.15) is 34.2 Å². The van der Waals surface area contributed by atoms with Crippen LogP contribution in [0.15, 0.2) is 53.3 Å². The van der Waals surface area contributed by atoms with Crippen molar-refractivity contribution in [2.45, 2.75) is 13.3 Å². The molecule has 1 amide bonds. The van der Waals surface area contributed by atoms with Gasteiger partial charge in [-0.25, -0.2) is 4.79 Å². The van der Waals surface area contributed by atoms with Crippen LogP contribution in [0.5, 0.6) is 5.75 Å². The highest BCUT2D eigenvalue weighted by atomic mass is 16.5. The van der Waals surface area contributed by atoms with Gasteiger partial charge in [0.1, 0.15) is 0 Å². The van der Waals surface area contributed by atoms with Gasteiger partial charge in [0.05, 0.1) is 17.6 Å². The molecule has 0 aliphatic heterocycles. The first kappa shape index (κ1) is 19.2. The largest absolute Gasteiger partial charge is 0.505 e. The minimum absolute atomic E-state index is 0.143. The number of nitrogens with zero attached hydrogens (tertiary/aromatic N) is 1. The fraction of sp³-hybridized carbons (Fsp3) is 0.190. The second-order valence-corrected chi connectivity index (χ2v) is 6.27. The minimum Gasteiger partial charge on any atom is -0.505 e. The van der Waals surface area contributed by atoms with Gasteiger partial charge in [-0.2, -0.15) is 0 Å². The number of fused-ring (bicyclic) bond motifs is 1. The summed E-state index contributed by atoms with van der Waals surface area (Å²) in [6.45, 7) is 2.24. The summed E-state index contributed by atoms with van der Waals surface area (Å²) in [5.41, 5.74) is 0.257. The number of carbonyl (C=O) groups is 2. The molecule has 0 bridgehead atoms. The fourth-order valence-corrected chi connectivity index (χ4v) is 2.86. The van der Waals surface area contributed by atoms with Crippen molar-refractivity contribution in [1.82, 2.24) is 4.57 Å². The predicted molar refractivity (Wildman–Crippen MR) is 106 cm³/mol. The number of esters is 1. The van der Waals surface area contributed by atoms with E-state index in [4.69, 9.17) is 4.74 Å². The maximum absolute atomic E-state index is 12.7. The Morgan fingerprint density at radius 3 is 2.36 bits per heavy atom. The molecule has 28 heavy (non-hydrogen) atoms. The van der Waals surface area contributed by atoms with Crippen molar-refractivity contribution in [3.8, 4) is 5.75 Å². The normalized spacial score (nSPS) is 10.6. The number of pyridine rings is 1. The Morgan fingerprint density at radius 2 is 1.71 bits per heavy atom. The number of hydrogen-bond donors (Lipinski definition) is 2. The molecule has 0 spiro atoms. The average Bonchev–Trinajstić information content (AvgIpc) is 2.71. The van der Waals surface area contributed by atoms with Crippen molar-refractivity contribution < 1.29 is 19.4 Å². The first-order valence-electron chi connectivity index (χ1n) is 8.83. The van der Waals surface area contributed by atoms with Gasteiger partial charge in [0, 0.05) is 18.1 Å². The van der Waals surface area contributed by atoms with Gasteiger partial charge in [-0.1, -0.05) is 25.1 Å². The minimum atomic E-state index is -0.635. The molecule has 0 radical (unpaired) electrons. The van der Waals surface area contributed by atoms with Crippen LogP contribution in [0.25, 0.3) is 10.8 Å². The Balaban J connectivity index is 1.88. The van der Waals surface area contributed by atoms with Crippen LogP contribution >= 0.6 is 0 Å². The van der Waals surface area contributed by atoms with Crippen LogP contribution < -0.4 is 10.9 Å². The number of aromatic nitrogens is 1. The Kier molecular flexibility index (Phi) is 5.44. The summed E-state index contributed by atoms with van der Waals surface area (Å²) in [5, 5.41) is 13.8. The molecule has 0 fully saturated rings. The van der Waals surface area contributed by atoms with Crippen LogP contribution in [0.3, 0.4) is 0 Å². The van der Waals surface area contributed by atoms with E-state index in [0.717, 1.165) is 11.0 Å². The molecule has 2 N–H and O–H groups in total. The van der Waals surface area contributed by atoms with Crippen molar-refractivity contribution in [2.24, 2.45) is 7.05 Å². The first-order chi connectivity index (χ1) is 13.4. The zero-order valence-electron chi connectivity index (χ0n) is 15.6. The third-order valence-corrected chi connectivity index (χ3v) is 4.31. The quantitative estimate of drug-likeness (QED) is 0.663. The van der Waals surface area contributed by atoms with Gasteiger partial charge < -0.3 is 19.7 Å². The Bertz CT molecular complexity index is 1100. The lowest BCUT2D eigenvalue weighted by molar-refractivity contribution is 0.0505. The number of amides is 1. The number of carbonyl (C=O) groups excluding carboxylic acids is 2. The molecule has 0 atom stereocenters. The third kappa shape index (κ3) is 3.59. The molecule has 0 unspecified atom stereocenters. The van der Waals surface area contributed by atoms with Crippen LogP contribution in [-0.4, -0.2) is 28.2 Å². The van der Waals surface area contributed by atoms with Gasteiger partial charge in [0.2, 0.25) is 0 Å². The summed E-state index contributed by atoms with van der Waals surface area (Å²) >= 11 is 0. The zero-order chi connectivity index (χ0) is 20.3. The van der Waals surface area contributed by atoms with Crippen molar-refractivity contribution in [1.29, 1.82) is 0 Å². The van der Waals surface area contributed by atoms with Crippen molar-refractivity contribution >= 4 is 28.3 Å². The Hall–Kier alpha value is -3.61. The Morgan fingerprint density at radius 1 is 1.07 bits per heavy atom. The molecule has 3 rings (SSSR count). The maximum Gasteiger partial charge on any atom is 0.338 e. The highest BCUT2D eigenvalue weighted by Gasteiger charge is 2.20. The van der Waals surface area contributed by atoms with Gasteiger partial charge in [0.15, 0.2) is 11.4 Å². The summed E-state index contributed by atoms with van der Waals surface area (Å²) in [4.78, 5) is 37.0. The van der Waals surface area contributed by atoms with E-state index < -0.39 is 11.9 Å². The van der Waals surface area contributed by atoms with Gasteiger partial charge in [-0.15, -0.1) is 0 Å². The van der Waals surface area contributed by atoms with Gasteiger partial charge in [-0.05, 0) is 36.8 Å². The van der Waals surface area contributed by atoms with Gasteiger partial charge >= 0.3 is 5.97 Å². The summed E-state index contributed by atoms with van der Waals surface area (Å²) in [6.07, 6.45) is 0.730. The number of hydrogen-bond acceptors (Lipinski definition) is 5. The van der Waals surface area contributed by atoms with E-state index in [0.29, 0.717) is 28.6 Å². The highest BCUT2D eigenvalue weighted by Crippen LogP contribution is 2.26. The monoisotopic (exact) mass is 380 g/mol. The molecule has 2 aromatic carbocycles. The van der Waals surface area contributed by atoms with Crippen LogP contribution in [0.2, 0.25) is 0 Å².